The van der Waals surface area contributed by atoms with Crippen molar-refractivity contribution in [2.75, 3.05) is 32.8 Å². The Bertz CT molecular complexity index is 386. The predicted molar refractivity (Wildman–Crippen MR) is 86.8 cm³/mol. The van der Waals surface area contributed by atoms with Gasteiger partial charge in [0.25, 0.3) is 0 Å². The van der Waals surface area contributed by atoms with E-state index in [2.05, 4.69) is 5.32 Å². The zero-order valence-corrected chi connectivity index (χ0v) is 14.1. The van der Waals surface area contributed by atoms with Crippen molar-refractivity contribution in [2.24, 2.45) is 11.7 Å². The number of piperidine rings is 1. The number of nitrogens with two attached hydrogens (primary N) is 1. The van der Waals surface area contributed by atoms with Crippen LogP contribution in [-0.2, 0) is 14.3 Å². The van der Waals surface area contributed by atoms with Gasteiger partial charge in [0.1, 0.15) is 0 Å². The number of carbonyl (C=O) groups excluding carboxylic acids is 2. The Hall–Kier alpha value is -0.850. The standard InChI is InChI=1S/C15H27N3O3.ClH/c1-2-7-17-13(19)12-4-3-8-18(11-12)14(20)15(16)5-9-21-10-6-15;/h12H,2-11,16H2,1H3,(H,17,19);1H. The SMILES string of the molecule is CCCNC(=O)C1CCCN(C(=O)C2(N)CCOCC2)C1.Cl. The van der Waals surface area contributed by atoms with Gasteiger partial charge in [-0.15, -0.1) is 12.4 Å². The molecule has 1 unspecified atom stereocenters. The molecule has 2 saturated heterocycles. The van der Waals surface area contributed by atoms with E-state index >= 15 is 0 Å². The Morgan fingerprint density at radius 2 is 2.05 bits per heavy atom. The Labute approximate surface area is 138 Å². The van der Waals surface area contributed by atoms with Crippen LogP contribution in [-0.4, -0.2) is 55.1 Å². The molecule has 3 N–H and O–H groups in total. The maximum atomic E-state index is 12.7. The Morgan fingerprint density at radius 3 is 2.68 bits per heavy atom. The zero-order chi connectivity index (χ0) is 15.3. The van der Waals surface area contributed by atoms with E-state index in [-0.39, 0.29) is 30.1 Å². The Morgan fingerprint density at radius 1 is 1.36 bits per heavy atom. The number of nitrogens with one attached hydrogen (secondary N) is 1. The molecule has 0 aromatic rings. The molecule has 22 heavy (non-hydrogen) atoms. The maximum absolute atomic E-state index is 12.7. The quantitative estimate of drug-likeness (QED) is 0.792. The molecule has 0 radical (unpaired) electrons. The van der Waals surface area contributed by atoms with Gasteiger partial charge in [-0.1, -0.05) is 6.92 Å². The van der Waals surface area contributed by atoms with E-state index in [1.54, 1.807) is 4.90 Å². The van der Waals surface area contributed by atoms with Crippen molar-refractivity contribution in [3.8, 4) is 0 Å². The highest BCUT2D eigenvalue weighted by Crippen LogP contribution is 2.24. The Kier molecular flexibility index (Phi) is 7.59. The molecule has 2 amide bonds. The molecule has 2 aliphatic heterocycles. The predicted octanol–water partition coefficient (Wildman–Crippen LogP) is 0.681. The second-order valence-corrected chi connectivity index (χ2v) is 6.15. The lowest BCUT2D eigenvalue weighted by Crippen LogP contribution is -2.60. The van der Waals surface area contributed by atoms with Crippen LogP contribution in [0.15, 0.2) is 0 Å². The number of ether oxygens (including phenoxy) is 1. The number of rotatable bonds is 4. The fourth-order valence-electron chi connectivity index (χ4n) is 3.03. The fraction of sp³-hybridized carbons (Fsp3) is 0.867. The molecule has 0 aromatic heterocycles. The summed E-state index contributed by atoms with van der Waals surface area (Å²) in [5.41, 5.74) is 5.46. The van der Waals surface area contributed by atoms with Gasteiger partial charge in [-0.2, -0.15) is 0 Å². The number of hydrogen-bond acceptors (Lipinski definition) is 4. The third-order valence-corrected chi connectivity index (χ3v) is 4.44. The third kappa shape index (κ3) is 4.57. The summed E-state index contributed by atoms with van der Waals surface area (Å²) in [5, 5.41) is 2.92. The van der Waals surface area contributed by atoms with E-state index in [9.17, 15) is 9.59 Å². The van der Waals surface area contributed by atoms with Gasteiger partial charge in [0.15, 0.2) is 0 Å². The average molecular weight is 334 g/mol. The first kappa shape index (κ1) is 19.2. The molecule has 2 fully saturated rings. The van der Waals surface area contributed by atoms with Crippen LogP contribution in [0.5, 0.6) is 0 Å². The van der Waals surface area contributed by atoms with Gasteiger partial charge in [0.05, 0.1) is 11.5 Å². The molecule has 0 bridgehead atoms. The van der Waals surface area contributed by atoms with E-state index in [1.165, 1.54) is 0 Å². The van der Waals surface area contributed by atoms with Crippen molar-refractivity contribution in [2.45, 2.75) is 44.6 Å². The minimum Gasteiger partial charge on any atom is -0.381 e. The number of carbonyl (C=O) groups is 2. The van der Waals surface area contributed by atoms with Gasteiger partial charge >= 0.3 is 0 Å². The van der Waals surface area contributed by atoms with Crippen LogP contribution in [0.4, 0.5) is 0 Å². The first-order valence-electron chi connectivity index (χ1n) is 8.00. The highest BCUT2D eigenvalue weighted by molar-refractivity contribution is 5.87. The van der Waals surface area contributed by atoms with E-state index in [4.69, 9.17) is 10.5 Å². The van der Waals surface area contributed by atoms with Crippen LogP contribution >= 0.6 is 12.4 Å². The van der Waals surface area contributed by atoms with Crippen LogP contribution in [0.2, 0.25) is 0 Å². The van der Waals surface area contributed by atoms with Crippen molar-refractivity contribution in [1.82, 2.24) is 10.2 Å². The monoisotopic (exact) mass is 333 g/mol. The van der Waals surface area contributed by atoms with Gasteiger partial charge < -0.3 is 20.7 Å². The summed E-state index contributed by atoms with van der Waals surface area (Å²) >= 11 is 0. The second kappa shape index (κ2) is 8.70. The van der Waals surface area contributed by atoms with Gasteiger partial charge in [-0.25, -0.2) is 0 Å². The Balaban J connectivity index is 0.00000242. The zero-order valence-electron chi connectivity index (χ0n) is 13.3. The molecular formula is C15H28ClN3O3. The van der Waals surface area contributed by atoms with Gasteiger partial charge in [-0.3, -0.25) is 9.59 Å². The molecule has 2 heterocycles. The second-order valence-electron chi connectivity index (χ2n) is 6.15. The molecule has 6 nitrogen and oxygen atoms in total. The highest BCUT2D eigenvalue weighted by atomic mass is 35.5. The minimum atomic E-state index is -0.806. The number of hydrogen-bond donors (Lipinski definition) is 2. The number of likely N-dealkylation sites (tertiary alicyclic amines) is 1. The summed E-state index contributed by atoms with van der Waals surface area (Å²) < 4.78 is 5.29. The molecule has 0 aromatic carbocycles. The van der Waals surface area contributed by atoms with Crippen LogP contribution < -0.4 is 11.1 Å². The van der Waals surface area contributed by atoms with Crippen LogP contribution in [0.3, 0.4) is 0 Å². The van der Waals surface area contributed by atoms with Crippen molar-refractivity contribution in [3.05, 3.63) is 0 Å². The van der Waals surface area contributed by atoms with E-state index in [0.717, 1.165) is 19.3 Å². The number of nitrogens with zero attached hydrogens (tertiary/aromatic N) is 1. The van der Waals surface area contributed by atoms with Crippen molar-refractivity contribution < 1.29 is 14.3 Å². The van der Waals surface area contributed by atoms with E-state index < -0.39 is 5.54 Å². The van der Waals surface area contributed by atoms with E-state index in [1.807, 2.05) is 6.92 Å². The molecule has 2 rings (SSSR count). The summed E-state index contributed by atoms with van der Waals surface area (Å²) in [6.07, 6.45) is 3.76. The molecule has 2 aliphatic rings. The lowest BCUT2D eigenvalue weighted by Gasteiger charge is -2.40. The minimum absolute atomic E-state index is 0. The molecule has 1 atom stereocenters. The lowest BCUT2D eigenvalue weighted by molar-refractivity contribution is -0.143. The highest BCUT2D eigenvalue weighted by Gasteiger charge is 2.40. The van der Waals surface area contributed by atoms with E-state index in [0.29, 0.717) is 45.7 Å². The molecule has 0 spiro atoms. The van der Waals surface area contributed by atoms with Crippen LogP contribution in [0, 0.1) is 5.92 Å². The first-order valence-corrected chi connectivity index (χ1v) is 8.00. The summed E-state index contributed by atoms with van der Waals surface area (Å²) in [5.74, 6) is -0.0520. The lowest BCUT2D eigenvalue weighted by atomic mass is 9.87. The third-order valence-electron chi connectivity index (χ3n) is 4.44. The number of amides is 2. The van der Waals surface area contributed by atoms with Crippen molar-refractivity contribution in [1.29, 1.82) is 0 Å². The average Bonchev–Trinajstić information content (AvgIpc) is 2.52. The molecule has 0 saturated carbocycles. The molecular weight excluding hydrogens is 306 g/mol. The van der Waals surface area contributed by atoms with Crippen LogP contribution in [0.1, 0.15) is 39.0 Å². The first-order chi connectivity index (χ1) is 10.1. The van der Waals surface area contributed by atoms with Crippen LogP contribution in [0.25, 0.3) is 0 Å². The van der Waals surface area contributed by atoms with Gasteiger partial charge in [-0.05, 0) is 32.1 Å². The summed E-state index contributed by atoms with van der Waals surface area (Å²) in [7, 11) is 0. The fourth-order valence-corrected chi connectivity index (χ4v) is 3.03. The number of halogens is 1. The van der Waals surface area contributed by atoms with Gasteiger partial charge in [0, 0.05) is 32.8 Å². The smallest absolute Gasteiger partial charge is 0.242 e. The maximum Gasteiger partial charge on any atom is 0.242 e. The topological polar surface area (TPSA) is 84.7 Å². The summed E-state index contributed by atoms with van der Waals surface area (Å²) in [4.78, 5) is 26.5. The van der Waals surface area contributed by atoms with Crippen molar-refractivity contribution >= 4 is 24.2 Å². The summed E-state index contributed by atoms with van der Waals surface area (Å²) in [6, 6.07) is 0. The van der Waals surface area contributed by atoms with Crippen molar-refractivity contribution in [3.63, 3.8) is 0 Å². The van der Waals surface area contributed by atoms with Gasteiger partial charge in [0.2, 0.25) is 11.8 Å². The summed E-state index contributed by atoms with van der Waals surface area (Å²) in [6.45, 7) is 5.00. The molecule has 0 aliphatic carbocycles. The molecule has 7 heteroatoms. The largest absolute Gasteiger partial charge is 0.381 e. The normalized spacial score (nSPS) is 24.3. The molecule has 128 valence electrons.